The molecule has 0 heterocycles. The Morgan fingerprint density at radius 3 is 2.40 bits per heavy atom. The molecule has 0 radical (unpaired) electrons. The zero-order valence-corrected chi connectivity index (χ0v) is 12.2. The summed E-state index contributed by atoms with van der Waals surface area (Å²) >= 11 is 6.07. The van der Waals surface area contributed by atoms with Gasteiger partial charge in [0, 0.05) is 29.4 Å². The second kappa shape index (κ2) is 6.73. The fourth-order valence-electron chi connectivity index (χ4n) is 2.07. The molecule has 0 bridgehead atoms. The van der Waals surface area contributed by atoms with Crippen molar-refractivity contribution < 1.29 is 4.39 Å². The summed E-state index contributed by atoms with van der Waals surface area (Å²) in [6.07, 6.45) is 0. The normalized spacial score (nSPS) is 11.0. The number of hydrogen-bond acceptors (Lipinski definition) is 2. The van der Waals surface area contributed by atoms with Crippen LogP contribution in [0.15, 0.2) is 42.5 Å². The van der Waals surface area contributed by atoms with Crippen LogP contribution in [0.5, 0.6) is 0 Å². The summed E-state index contributed by atoms with van der Waals surface area (Å²) in [5.41, 5.74) is 8.11. The Labute approximate surface area is 124 Å². The molecule has 2 N–H and O–H groups in total. The largest absolute Gasteiger partial charge is 0.399 e. The summed E-state index contributed by atoms with van der Waals surface area (Å²) in [7, 11) is 0. The van der Waals surface area contributed by atoms with E-state index in [1.807, 2.05) is 31.2 Å². The van der Waals surface area contributed by atoms with Crippen LogP contribution in [0.3, 0.4) is 0 Å². The van der Waals surface area contributed by atoms with Gasteiger partial charge >= 0.3 is 0 Å². The first kappa shape index (κ1) is 14.8. The van der Waals surface area contributed by atoms with Crippen LogP contribution in [-0.2, 0) is 13.1 Å². The van der Waals surface area contributed by atoms with Crippen LogP contribution in [0.25, 0.3) is 0 Å². The van der Waals surface area contributed by atoms with Crippen LogP contribution in [0.1, 0.15) is 18.1 Å². The van der Waals surface area contributed by atoms with E-state index in [0.29, 0.717) is 17.1 Å². The first-order valence-corrected chi connectivity index (χ1v) is 6.97. The molecule has 0 aromatic heterocycles. The molecule has 0 aliphatic rings. The second-order valence-electron chi connectivity index (χ2n) is 4.75. The molecule has 4 heteroatoms. The molecule has 106 valence electrons. The zero-order chi connectivity index (χ0) is 14.5. The SMILES string of the molecule is CCN(Cc1ccc(N)cc1)Cc1c(F)cccc1Cl. The van der Waals surface area contributed by atoms with Gasteiger partial charge in [-0.3, -0.25) is 4.90 Å². The van der Waals surface area contributed by atoms with Crippen molar-refractivity contribution in [2.45, 2.75) is 20.0 Å². The van der Waals surface area contributed by atoms with Gasteiger partial charge in [0.25, 0.3) is 0 Å². The summed E-state index contributed by atoms with van der Waals surface area (Å²) in [6, 6.07) is 12.5. The Bertz CT molecular complexity index is 549. The maximum Gasteiger partial charge on any atom is 0.129 e. The molecule has 2 nitrogen and oxygen atoms in total. The van der Waals surface area contributed by atoms with Crippen molar-refractivity contribution in [3.8, 4) is 0 Å². The summed E-state index contributed by atoms with van der Waals surface area (Å²) in [5.74, 6) is -0.256. The van der Waals surface area contributed by atoms with Gasteiger partial charge in [0.15, 0.2) is 0 Å². The van der Waals surface area contributed by atoms with Crippen LogP contribution in [-0.4, -0.2) is 11.4 Å². The lowest BCUT2D eigenvalue weighted by Gasteiger charge is -2.21. The predicted octanol–water partition coefficient (Wildman–Crippen LogP) is 4.08. The number of benzene rings is 2. The molecule has 0 atom stereocenters. The number of halogens is 2. The fourth-order valence-corrected chi connectivity index (χ4v) is 2.29. The lowest BCUT2D eigenvalue weighted by Crippen LogP contribution is -2.23. The Morgan fingerprint density at radius 2 is 1.80 bits per heavy atom. The molecule has 0 unspecified atom stereocenters. The van der Waals surface area contributed by atoms with E-state index in [-0.39, 0.29) is 5.82 Å². The fraction of sp³-hybridized carbons (Fsp3) is 0.250. The van der Waals surface area contributed by atoms with Crippen molar-refractivity contribution in [1.82, 2.24) is 4.90 Å². The Balaban J connectivity index is 2.11. The Hall–Kier alpha value is -1.58. The van der Waals surface area contributed by atoms with Gasteiger partial charge in [-0.25, -0.2) is 4.39 Å². The van der Waals surface area contributed by atoms with Crippen molar-refractivity contribution in [2.24, 2.45) is 0 Å². The van der Waals surface area contributed by atoms with Gasteiger partial charge in [0.05, 0.1) is 0 Å². The van der Waals surface area contributed by atoms with E-state index in [1.54, 1.807) is 12.1 Å². The van der Waals surface area contributed by atoms with Crippen LogP contribution in [0.4, 0.5) is 10.1 Å². The Morgan fingerprint density at radius 1 is 1.10 bits per heavy atom. The van der Waals surface area contributed by atoms with Crippen LogP contribution in [0.2, 0.25) is 5.02 Å². The highest BCUT2D eigenvalue weighted by atomic mass is 35.5. The summed E-state index contributed by atoms with van der Waals surface area (Å²) < 4.78 is 13.8. The van der Waals surface area contributed by atoms with Crippen LogP contribution < -0.4 is 5.73 Å². The van der Waals surface area contributed by atoms with Gasteiger partial charge in [-0.15, -0.1) is 0 Å². The van der Waals surface area contributed by atoms with Crippen molar-refractivity contribution in [2.75, 3.05) is 12.3 Å². The zero-order valence-electron chi connectivity index (χ0n) is 11.4. The minimum Gasteiger partial charge on any atom is -0.399 e. The van der Waals surface area contributed by atoms with Crippen LogP contribution >= 0.6 is 11.6 Å². The van der Waals surface area contributed by atoms with Crippen molar-refractivity contribution in [3.63, 3.8) is 0 Å². The summed E-state index contributed by atoms with van der Waals surface area (Å²) in [4.78, 5) is 2.13. The van der Waals surface area contributed by atoms with Gasteiger partial charge in [-0.2, -0.15) is 0 Å². The van der Waals surface area contributed by atoms with Crippen LogP contribution in [0, 0.1) is 5.82 Å². The molecule has 0 fully saturated rings. The summed E-state index contributed by atoms with van der Waals surface area (Å²) in [6.45, 7) is 4.09. The number of hydrogen-bond donors (Lipinski definition) is 1. The standard InChI is InChI=1S/C16H18ClFN2/c1-2-20(10-12-6-8-13(19)9-7-12)11-14-15(17)4-3-5-16(14)18/h3-9H,2,10-11,19H2,1H3. The molecule has 0 spiro atoms. The van der Waals surface area contributed by atoms with Gasteiger partial charge in [-0.05, 0) is 36.4 Å². The monoisotopic (exact) mass is 292 g/mol. The quantitative estimate of drug-likeness (QED) is 0.841. The maximum absolute atomic E-state index is 13.8. The highest BCUT2D eigenvalue weighted by Crippen LogP contribution is 2.21. The molecule has 0 aliphatic carbocycles. The smallest absolute Gasteiger partial charge is 0.129 e. The minimum absolute atomic E-state index is 0.256. The van der Waals surface area contributed by atoms with E-state index in [1.165, 1.54) is 6.07 Å². The highest BCUT2D eigenvalue weighted by molar-refractivity contribution is 6.31. The van der Waals surface area contributed by atoms with E-state index < -0.39 is 0 Å². The second-order valence-corrected chi connectivity index (χ2v) is 5.15. The third-order valence-electron chi connectivity index (χ3n) is 3.28. The van der Waals surface area contributed by atoms with Crippen molar-refractivity contribution in [3.05, 3.63) is 64.4 Å². The third kappa shape index (κ3) is 3.71. The molecule has 2 aromatic rings. The number of nitrogens with two attached hydrogens (primary N) is 1. The van der Waals surface area contributed by atoms with Crippen molar-refractivity contribution in [1.29, 1.82) is 0 Å². The number of rotatable bonds is 5. The maximum atomic E-state index is 13.8. The van der Waals surface area contributed by atoms with E-state index >= 15 is 0 Å². The highest BCUT2D eigenvalue weighted by Gasteiger charge is 2.11. The molecule has 0 saturated carbocycles. The predicted molar refractivity (Wildman–Crippen MR) is 82.1 cm³/mol. The molecule has 0 saturated heterocycles. The Kier molecular flexibility index (Phi) is 4.99. The van der Waals surface area contributed by atoms with Gasteiger partial charge in [0.2, 0.25) is 0 Å². The number of nitrogen functional groups attached to an aromatic ring is 1. The average molecular weight is 293 g/mol. The third-order valence-corrected chi connectivity index (χ3v) is 3.63. The molecular formula is C16H18ClFN2. The van der Waals surface area contributed by atoms with Crippen molar-refractivity contribution >= 4 is 17.3 Å². The number of anilines is 1. The molecule has 2 rings (SSSR count). The molecule has 0 amide bonds. The first-order valence-electron chi connectivity index (χ1n) is 6.59. The topological polar surface area (TPSA) is 29.3 Å². The average Bonchev–Trinajstić information content (AvgIpc) is 2.44. The lowest BCUT2D eigenvalue weighted by molar-refractivity contribution is 0.267. The molecule has 2 aromatic carbocycles. The van der Waals surface area contributed by atoms with E-state index in [0.717, 1.165) is 24.3 Å². The van der Waals surface area contributed by atoms with E-state index in [9.17, 15) is 4.39 Å². The minimum atomic E-state index is -0.256. The van der Waals surface area contributed by atoms with Gasteiger partial charge in [0.1, 0.15) is 5.82 Å². The van der Waals surface area contributed by atoms with E-state index in [4.69, 9.17) is 17.3 Å². The summed E-state index contributed by atoms with van der Waals surface area (Å²) in [5, 5.41) is 0.473. The lowest BCUT2D eigenvalue weighted by atomic mass is 10.1. The molecule has 20 heavy (non-hydrogen) atoms. The van der Waals surface area contributed by atoms with E-state index in [2.05, 4.69) is 4.90 Å². The number of nitrogens with zero attached hydrogens (tertiary/aromatic N) is 1. The molecule has 0 aliphatic heterocycles. The van der Waals surface area contributed by atoms with Gasteiger partial charge < -0.3 is 5.73 Å². The molecular weight excluding hydrogens is 275 g/mol. The first-order chi connectivity index (χ1) is 9.60. The van der Waals surface area contributed by atoms with Gasteiger partial charge in [-0.1, -0.05) is 36.7 Å².